The van der Waals surface area contributed by atoms with Crippen LogP contribution in [0.25, 0.3) is 0 Å². The molecule has 3 nitrogen and oxygen atoms in total. The predicted molar refractivity (Wildman–Crippen MR) is 85.4 cm³/mol. The Morgan fingerprint density at radius 1 is 1.14 bits per heavy atom. The summed E-state index contributed by atoms with van der Waals surface area (Å²) in [7, 11) is 0. The number of unbranched alkanes of at least 4 members (excludes halogenated alkanes) is 6. The Hall–Kier alpha value is 0.866. The Balaban J connectivity index is 0. The smallest absolute Gasteiger partial charge is 0.394 e. The van der Waals surface area contributed by atoms with Gasteiger partial charge < -0.3 is 24.4 Å². The van der Waals surface area contributed by atoms with E-state index in [0.29, 0.717) is 18.5 Å². The van der Waals surface area contributed by atoms with Crippen molar-refractivity contribution in [2.24, 2.45) is 0 Å². The maximum absolute atomic E-state index is 11.5. The van der Waals surface area contributed by atoms with Crippen LogP contribution in [0.5, 0.6) is 0 Å². The van der Waals surface area contributed by atoms with Gasteiger partial charge in [-0.2, -0.15) is 12.8 Å². The molecule has 0 fully saturated rings. The molecule has 0 aliphatic rings. The molecule has 1 aromatic rings. The van der Waals surface area contributed by atoms with E-state index < -0.39 is 0 Å². The molecule has 0 aromatic carbocycles. The number of Topliss-reactive ketones (excluding diaryl/α,β-unsaturated/α-hetero) is 1. The van der Waals surface area contributed by atoms with Crippen LogP contribution in [-0.2, 0) is 11.2 Å². The molecule has 0 atom stereocenters. The fourth-order valence-corrected chi connectivity index (χ4v) is 2.00. The first kappa shape index (κ1) is 24.1. The number of ketones is 1. The van der Waals surface area contributed by atoms with Crippen molar-refractivity contribution in [1.29, 1.82) is 0 Å². The summed E-state index contributed by atoms with van der Waals surface area (Å²) < 4.78 is 7.72. The van der Waals surface area contributed by atoms with E-state index in [0.717, 1.165) is 31.0 Å². The zero-order valence-electron chi connectivity index (χ0n) is 13.7. The maximum atomic E-state index is 11.5. The summed E-state index contributed by atoms with van der Waals surface area (Å²) in [5.74, 6) is 0.260. The van der Waals surface area contributed by atoms with Gasteiger partial charge in [0.2, 0.25) is 0 Å². The van der Waals surface area contributed by atoms with Crippen molar-refractivity contribution >= 4 is 17.5 Å². The molecule has 0 spiro atoms. The van der Waals surface area contributed by atoms with E-state index in [1.54, 1.807) is 0 Å². The standard InChI is InChI=1S/C11H17N2OS.C5H10.K/c1-2-3-4-5-6-7-11(14)8-10-9-12-15-13-10;1-3-5-4-2;/h2-8H2,1H3;1-5H2;/q-1;-2;+1. The maximum Gasteiger partial charge on any atom is 1.00 e. The van der Waals surface area contributed by atoms with Crippen molar-refractivity contribution in [3.63, 3.8) is 0 Å². The average molecular weight is 335 g/mol. The fraction of sp³-hybridized carbons (Fsp3) is 0.688. The second-order valence-corrected chi connectivity index (χ2v) is 5.29. The van der Waals surface area contributed by atoms with Gasteiger partial charge in [0.1, 0.15) is 5.78 Å². The van der Waals surface area contributed by atoms with E-state index in [1.807, 2.05) is 0 Å². The molecule has 0 unspecified atom stereocenters. The van der Waals surface area contributed by atoms with Gasteiger partial charge >= 0.3 is 51.4 Å². The number of hydrogen-bond donors (Lipinski definition) is 0. The van der Waals surface area contributed by atoms with Crippen LogP contribution in [0.4, 0.5) is 0 Å². The summed E-state index contributed by atoms with van der Waals surface area (Å²) in [4.78, 5) is 11.5. The Labute approximate surface area is 177 Å². The first-order valence-electron chi connectivity index (χ1n) is 7.53. The van der Waals surface area contributed by atoms with E-state index in [-0.39, 0.29) is 57.2 Å². The molecule has 0 aliphatic carbocycles. The summed E-state index contributed by atoms with van der Waals surface area (Å²) in [5, 5.41) is 0. The minimum atomic E-state index is 0. The molecule has 1 aromatic heterocycles. The number of nitrogens with zero attached hydrogens (tertiary/aromatic N) is 2. The fourth-order valence-electron chi connectivity index (χ4n) is 1.61. The van der Waals surface area contributed by atoms with Crippen molar-refractivity contribution in [3.05, 3.63) is 25.7 Å². The Morgan fingerprint density at radius 2 is 1.81 bits per heavy atom. The van der Waals surface area contributed by atoms with Gasteiger partial charge in [0, 0.05) is 24.6 Å². The van der Waals surface area contributed by atoms with Crippen LogP contribution < -0.4 is 51.4 Å². The number of carbonyl (C=O) groups is 1. The van der Waals surface area contributed by atoms with E-state index in [4.69, 9.17) is 0 Å². The van der Waals surface area contributed by atoms with Crippen LogP contribution in [0.1, 0.15) is 70.4 Å². The summed E-state index contributed by atoms with van der Waals surface area (Å²) in [6.45, 7) is 9.46. The van der Waals surface area contributed by atoms with Gasteiger partial charge in [0.25, 0.3) is 0 Å². The molecule has 0 aliphatic heterocycles. The van der Waals surface area contributed by atoms with Gasteiger partial charge in [0.05, 0.1) is 0 Å². The van der Waals surface area contributed by atoms with Crippen LogP contribution in [0.15, 0.2) is 0 Å². The Morgan fingerprint density at radius 3 is 2.29 bits per heavy atom. The molecule has 0 saturated carbocycles. The summed E-state index contributed by atoms with van der Waals surface area (Å²) in [6, 6.07) is 0. The summed E-state index contributed by atoms with van der Waals surface area (Å²) in [5.41, 5.74) is 0.693. The van der Waals surface area contributed by atoms with Gasteiger partial charge in [-0.05, 0) is 6.42 Å². The van der Waals surface area contributed by atoms with Crippen molar-refractivity contribution in [3.8, 4) is 0 Å². The monoisotopic (exact) mass is 334 g/mol. The molecule has 0 radical (unpaired) electrons. The van der Waals surface area contributed by atoms with Gasteiger partial charge in [0.15, 0.2) is 0 Å². The van der Waals surface area contributed by atoms with Gasteiger partial charge in [-0.25, -0.2) is 4.37 Å². The minimum Gasteiger partial charge on any atom is -0.394 e. The van der Waals surface area contributed by atoms with Gasteiger partial charge in [-0.15, -0.1) is 6.42 Å². The quantitative estimate of drug-likeness (QED) is 0.371. The van der Waals surface area contributed by atoms with E-state index >= 15 is 0 Å². The second-order valence-electron chi connectivity index (χ2n) is 4.76. The van der Waals surface area contributed by atoms with Crippen molar-refractivity contribution < 1.29 is 56.2 Å². The third-order valence-corrected chi connectivity index (χ3v) is 3.27. The van der Waals surface area contributed by atoms with E-state index in [2.05, 4.69) is 35.7 Å². The molecule has 21 heavy (non-hydrogen) atoms. The molecule has 5 heteroatoms. The predicted octanol–water partition coefficient (Wildman–Crippen LogP) is 1.64. The molecule has 1 heterocycles. The first-order chi connectivity index (χ1) is 9.74. The zero-order chi connectivity index (χ0) is 15.1. The van der Waals surface area contributed by atoms with Crippen LogP contribution in [0.2, 0.25) is 0 Å². The third kappa shape index (κ3) is 17.1. The number of aromatic nitrogens is 2. The second kappa shape index (κ2) is 18.9. The number of rotatable bonds is 10. The molecule has 0 saturated heterocycles. The van der Waals surface area contributed by atoms with Crippen molar-refractivity contribution in [2.75, 3.05) is 0 Å². The van der Waals surface area contributed by atoms with Crippen molar-refractivity contribution in [1.82, 2.24) is 8.75 Å². The third-order valence-electron chi connectivity index (χ3n) is 2.79. The van der Waals surface area contributed by atoms with Gasteiger partial charge in [-0.1, -0.05) is 38.3 Å². The normalized spacial score (nSPS) is 9.48. The molecule has 1 rings (SSSR count). The molecular formula is C16H27KN2OS-2. The van der Waals surface area contributed by atoms with Crippen molar-refractivity contribution in [2.45, 2.75) is 71.1 Å². The SMILES string of the molecule is CCCCCCCC(=O)Cc1[c-]nsn1.[CH2-]CCC[CH2-].[K+]. The van der Waals surface area contributed by atoms with Gasteiger partial charge in [-0.3, -0.25) is 4.79 Å². The average Bonchev–Trinajstić information content (AvgIpc) is 2.93. The molecule has 0 N–H and O–H groups in total. The van der Waals surface area contributed by atoms with Crippen LogP contribution in [0.3, 0.4) is 0 Å². The zero-order valence-corrected chi connectivity index (χ0v) is 17.6. The summed E-state index contributed by atoms with van der Waals surface area (Å²) >= 11 is 1.11. The molecule has 0 amide bonds. The van der Waals surface area contributed by atoms with E-state index in [9.17, 15) is 4.79 Å². The topological polar surface area (TPSA) is 42.9 Å². The van der Waals surface area contributed by atoms with Crippen LogP contribution >= 0.6 is 11.7 Å². The number of hydrogen-bond acceptors (Lipinski definition) is 4. The molecular weight excluding hydrogens is 307 g/mol. The van der Waals surface area contributed by atoms with E-state index in [1.165, 1.54) is 32.1 Å². The first-order valence-corrected chi connectivity index (χ1v) is 8.26. The Kier molecular flexibility index (Phi) is 21.7. The Bertz CT molecular complexity index is 316. The largest absolute Gasteiger partial charge is 1.00 e. The van der Waals surface area contributed by atoms with Crippen LogP contribution in [-0.4, -0.2) is 14.5 Å². The minimum absolute atomic E-state index is 0. The molecule has 0 bridgehead atoms. The molecule has 116 valence electrons. The van der Waals surface area contributed by atoms with Crippen LogP contribution in [0, 0.1) is 20.0 Å². The number of carbonyl (C=O) groups excluding carboxylic acids is 1. The summed E-state index contributed by atoms with van der Waals surface area (Å²) in [6.07, 6.45) is 13.0.